The fourth-order valence-corrected chi connectivity index (χ4v) is 5.07. The van der Waals surface area contributed by atoms with Crippen LogP contribution in [0.15, 0.2) is 35.6 Å². The molecule has 0 aromatic carbocycles. The zero-order valence-corrected chi connectivity index (χ0v) is 22.3. The number of esters is 1. The third-order valence-electron chi connectivity index (χ3n) is 8.08. The number of rotatable bonds is 5. The van der Waals surface area contributed by atoms with Gasteiger partial charge in [-0.05, 0) is 51.3 Å². The van der Waals surface area contributed by atoms with Crippen molar-refractivity contribution in [3.05, 3.63) is 47.4 Å². The number of pyridine rings is 3. The number of ether oxygens (including phenoxy) is 2. The molecular weight excluding hydrogens is 484 g/mol. The van der Waals surface area contributed by atoms with E-state index in [2.05, 4.69) is 20.3 Å². The number of nitrogens with one attached hydrogen (secondary N) is 1. The van der Waals surface area contributed by atoms with Crippen LogP contribution in [0.3, 0.4) is 0 Å². The molecule has 6 rings (SSSR count). The average Bonchev–Trinajstić information content (AvgIpc) is 3.61. The third kappa shape index (κ3) is 3.86. The van der Waals surface area contributed by atoms with Crippen LogP contribution in [0, 0.1) is 0 Å². The molecule has 38 heavy (non-hydrogen) atoms. The number of aliphatic imine (C=N–C) groups is 1. The third-order valence-corrected chi connectivity index (χ3v) is 8.08. The highest BCUT2D eigenvalue weighted by atomic mass is 16.6. The fourth-order valence-electron chi connectivity index (χ4n) is 5.07. The normalized spacial score (nSPS) is 26.8. The highest BCUT2D eigenvalue weighted by molar-refractivity contribution is 5.98. The van der Waals surface area contributed by atoms with Crippen molar-refractivity contribution in [3.8, 4) is 5.88 Å². The van der Waals surface area contributed by atoms with Gasteiger partial charge in [-0.25, -0.2) is 19.7 Å². The van der Waals surface area contributed by atoms with Crippen LogP contribution in [0.2, 0.25) is 0 Å². The highest BCUT2D eigenvalue weighted by Gasteiger charge is 2.41. The molecule has 3 aromatic heterocycles. The monoisotopic (exact) mass is 514 g/mol. The van der Waals surface area contributed by atoms with Crippen LogP contribution in [0.4, 0.5) is 11.6 Å². The quantitative estimate of drug-likeness (QED) is 0.505. The minimum absolute atomic E-state index is 0.0260. The summed E-state index contributed by atoms with van der Waals surface area (Å²) >= 11 is 0. The molecule has 1 fully saturated rings. The predicted octanol–water partition coefficient (Wildman–Crippen LogP) is 4.12. The molecule has 0 radical (unpaired) electrons. The van der Waals surface area contributed by atoms with Gasteiger partial charge in [-0.1, -0.05) is 6.92 Å². The summed E-state index contributed by atoms with van der Waals surface area (Å²) in [6, 6.07) is 5.41. The Morgan fingerprint density at radius 1 is 1.13 bits per heavy atom. The number of hydrogen-bond donors (Lipinski definition) is 1. The first-order valence-corrected chi connectivity index (χ1v) is 12.8. The fraction of sp³-hybridized carbons (Fsp3) is 0.429. The summed E-state index contributed by atoms with van der Waals surface area (Å²) in [5.74, 6) is 1.26. The van der Waals surface area contributed by atoms with Crippen molar-refractivity contribution < 1.29 is 19.1 Å². The van der Waals surface area contributed by atoms with Crippen molar-refractivity contribution in [2.45, 2.75) is 70.7 Å². The first-order valence-electron chi connectivity index (χ1n) is 12.8. The standard InChI is InChI=1S/C28H30N6O4/c1-14-24-17(26(36)38-27(14,4)5)7-8-22(33-24)32-23-9-18-19(10-29-23)25(30-11-20(18)28(6)13-31-28)37-21-12-34(15(21)2)16(3)35/h7-11,13-15,21H,12H2,1-6H3,(H,29,32,33)/t14-,15+,21-,28?/m1/s1. The topological polar surface area (TPSA) is 119 Å². The lowest BCUT2D eigenvalue weighted by molar-refractivity contribution is -0.144. The van der Waals surface area contributed by atoms with Gasteiger partial charge in [-0.3, -0.25) is 9.79 Å². The minimum atomic E-state index is -0.645. The number of likely N-dealkylation sites (tertiary alicyclic amines) is 1. The molecule has 0 saturated carbocycles. The summed E-state index contributed by atoms with van der Waals surface area (Å²) < 4.78 is 11.8. The first kappa shape index (κ1) is 24.3. The second kappa shape index (κ2) is 8.21. The zero-order chi connectivity index (χ0) is 27.0. The van der Waals surface area contributed by atoms with Gasteiger partial charge in [0.05, 0.1) is 29.2 Å². The van der Waals surface area contributed by atoms with Crippen molar-refractivity contribution in [2.24, 2.45) is 4.99 Å². The maximum absolute atomic E-state index is 12.5. The summed E-state index contributed by atoms with van der Waals surface area (Å²) in [6.07, 6.45) is 5.29. The van der Waals surface area contributed by atoms with Gasteiger partial charge < -0.3 is 19.7 Å². The van der Waals surface area contributed by atoms with Crippen LogP contribution in [0.5, 0.6) is 5.88 Å². The average molecular weight is 515 g/mol. The van der Waals surface area contributed by atoms with Crippen LogP contribution in [0.1, 0.15) is 69.1 Å². The van der Waals surface area contributed by atoms with E-state index in [9.17, 15) is 9.59 Å². The molecule has 10 heteroatoms. The van der Waals surface area contributed by atoms with Crippen LogP contribution in [-0.4, -0.2) is 62.2 Å². The van der Waals surface area contributed by atoms with Gasteiger partial charge in [0.25, 0.3) is 0 Å². The molecule has 10 nitrogen and oxygen atoms in total. The maximum atomic E-state index is 12.5. The molecule has 0 spiro atoms. The van der Waals surface area contributed by atoms with Crippen molar-refractivity contribution in [3.63, 3.8) is 0 Å². The number of nitrogens with zero attached hydrogens (tertiary/aromatic N) is 5. The molecule has 3 aliphatic rings. The Balaban J connectivity index is 1.33. The number of carbonyl (C=O) groups excluding carboxylic acids is 2. The molecule has 1 N–H and O–H groups in total. The predicted molar refractivity (Wildman–Crippen MR) is 142 cm³/mol. The molecular formula is C28H30N6O4. The molecule has 1 amide bonds. The van der Waals surface area contributed by atoms with Crippen LogP contribution in [-0.2, 0) is 15.1 Å². The van der Waals surface area contributed by atoms with Crippen LogP contribution in [0.25, 0.3) is 10.8 Å². The van der Waals surface area contributed by atoms with E-state index in [1.807, 2.05) is 46.9 Å². The lowest BCUT2D eigenvalue weighted by atomic mass is 9.84. The molecule has 4 atom stereocenters. The largest absolute Gasteiger partial charge is 0.470 e. The van der Waals surface area contributed by atoms with Crippen molar-refractivity contribution in [1.82, 2.24) is 19.9 Å². The van der Waals surface area contributed by atoms with Gasteiger partial charge in [-0.2, -0.15) is 0 Å². The Kier molecular flexibility index (Phi) is 5.24. The SMILES string of the molecule is CC(=O)N1C[C@@H](Oc2ncc(C3(C)C=N3)c3cc(Nc4ccc5c(n4)[C@@H](C)C(C)(C)OC5=O)ncc23)[C@@H]1C. The second-order valence-corrected chi connectivity index (χ2v) is 11.0. The molecule has 196 valence electrons. The molecule has 1 unspecified atom stereocenters. The second-order valence-electron chi connectivity index (χ2n) is 11.0. The van der Waals surface area contributed by atoms with Gasteiger partial charge in [0.15, 0.2) is 0 Å². The summed E-state index contributed by atoms with van der Waals surface area (Å²) in [7, 11) is 0. The van der Waals surface area contributed by atoms with Crippen molar-refractivity contribution in [2.75, 3.05) is 11.9 Å². The number of anilines is 2. The van der Waals surface area contributed by atoms with E-state index < -0.39 is 11.1 Å². The molecule has 0 bridgehead atoms. The maximum Gasteiger partial charge on any atom is 0.340 e. The zero-order valence-electron chi connectivity index (χ0n) is 22.3. The number of fused-ring (bicyclic) bond motifs is 2. The molecule has 3 aromatic rings. The van der Waals surface area contributed by atoms with E-state index in [1.54, 1.807) is 36.4 Å². The first-order chi connectivity index (χ1) is 18.0. The molecule has 1 saturated heterocycles. The minimum Gasteiger partial charge on any atom is -0.470 e. The van der Waals surface area contributed by atoms with E-state index in [1.165, 1.54) is 0 Å². The van der Waals surface area contributed by atoms with E-state index in [0.29, 0.717) is 35.3 Å². The van der Waals surface area contributed by atoms with Gasteiger partial charge in [0.1, 0.15) is 28.9 Å². The van der Waals surface area contributed by atoms with Crippen LogP contribution >= 0.6 is 0 Å². The Hall–Kier alpha value is -4.08. The van der Waals surface area contributed by atoms with E-state index in [-0.39, 0.29) is 29.9 Å². The van der Waals surface area contributed by atoms with Gasteiger partial charge in [-0.15, -0.1) is 0 Å². The van der Waals surface area contributed by atoms with Crippen LogP contribution < -0.4 is 10.1 Å². The lowest BCUT2D eigenvalue weighted by Crippen LogP contribution is -2.62. The van der Waals surface area contributed by atoms with Crippen molar-refractivity contribution in [1.29, 1.82) is 0 Å². The van der Waals surface area contributed by atoms with Gasteiger partial charge in [0, 0.05) is 37.0 Å². The highest BCUT2D eigenvalue weighted by Crippen LogP contribution is 2.41. The Bertz CT molecular complexity index is 1530. The summed E-state index contributed by atoms with van der Waals surface area (Å²) in [4.78, 5) is 44.4. The number of amides is 1. The Labute approximate surface area is 220 Å². The Morgan fingerprint density at radius 3 is 2.58 bits per heavy atom. The summed E-state index contributed by atoms with van der Waals surface area (Å²) in [6.45, 7) is 11.9. The molecule has 6 heterocycles. The lowest BCUT2D eigenvalue weighted by Gasteiger charge is -2.45. The molecule has 3 aliphatic heterocycles. The van der Waals surface area contributed by atoms with E-state index in [0.717, 1.165) is 16.3 Å². The number of hydrogen-bond acceptors (Lipinski definition) is 9. The molecule has 0 aliphatic carbocycles. The smallest absolute Gasteiger partial charge is 0.340 e. The van der Waals surface area contributed by atoms with Gasteiger partial charge in [0.2, 0.25) is 11.8 Å². The number of aromatic nitrogens is 3. The summed E-state index contributed by atoms with van der Waals surface area (Å²) in [5.41, 5.74) is 1.08. The van der Waals surface area contributed by atoms with E-state index >= 15 is 0 Å². The number of carbonyl (C=O) groups is 2. The van der Waals surface area contributed by atoms with Gasteiger partial charge >= 0.3 is 5.97 Å². The van der Waals surface area contributed by atoms with Crippen molar-refractivity contribution >= 4 is 40.5 Å². The number of cyclic esters (lactones) is 1. The Morgan fingerprint density at radius 2 is 1.89 bits per heavy atom. The van der Waals surface area contributed by atoms with E-state index in [4.69, 9.17) is 14.5 Å². The summed E-state index contributed by atoms with van der Waals surface area (Å²) in [5, 5.41) is 4.98.